The molecule has 23 heavy (non-hydrogen) atoms. The zero-order chi connectivity index (χ0) is 15.9. The van der Waals surface area contributed by atoms with Crippen LogP contribution in [0.3, 0.4) is 0 Å². The predicted molar refractivity (Wildman–Crippen MR) is 94.4 cm³/mol. The number of benzene rings is 2. The van der Waals surface area contributed by atoms with E-state index in [1.54, 1.807) is 29.7 Å². The Kier molecular flexibility index (Phi) is 3.28. The average Bonchev–Trinajstić information content (AvgIpc) is 3.04. The zero-order valence-corrected chi connectivity index (χ0v) is 13.6. The zero-order valence-electron chi connectivity index (χ0n) is 11.9. The Morgan fingerprint density at radius 1 is 0.913 bits per heavy atom. The van der Waals surface area contributed by atoms with E-state index >= 15 is 0 Å². The number of sulfonamides is 1. The van der Waals surface area contributed by atoms with E-state index in [9.17, 15) is 8.42 Å². The lowest BCUT2D eigenvalue weighted by molar-refractivity contribution is 0.602. The lowest BCUT2D eigenvalue weighted by Crippen LogP contribution is -2.14. The minimum absolute atomic E-state index is 0.254. The first-order chi connectivity index (χ1) is 11.1. The van der Waals surface area contributed by atoms with Crippen molar-refractivity contribution in [1.82, 2.24) is 4.98 Å². The molecule has 0 saturated heterocycles. The first kappa shape index (κ1) is 14.2. The Labute approximate surface area is 137 Å². The van der Waals surface area contributed by atoms with Gasteiger partial charge in [0.25, 0.3) is 10.0 Å². The summed E-state index contributed by atoms with van der Waals surface area (Å²) in [4.78, 5) is 4.44. The first-order valence-corrected chi connectivity index (χ1v) is 9.34. The lowest BCUT2D eigenvalue weighted by atomic mass is 10.1. The van der Waals surface area contributed by atoms with Gasteiger partial charge in [-0.25, -0.2) is 13.4 Å². The van der Waals surface area contributed by atoms with Gasteiger partial charge >= 0.3 is 0 Å². The van der Waals surface area contributed by atoms with Crippen LogP contribution in [0, 0.1) is 0 Å². The second-order valence-corrected chi connectivity index (χ2v) is 7.67. The lowest BCUT2D eigenvalue weighted by Gasteiger charge is -2.10. The van der Waals surface area contributed by atoms with Crippen molar-refractivity contribution in [2.75, 3.05) is 4.72 Å². The number of fused-ring (bicyclic) bond motifs is 2. The smallest absolute Gasteiger partial charge is 0.263 e. The fraction of sp³-hybridized carbons (Fsp3) is 0. The molecule has 4 rings (SSSR count). The number of anilines is 1. The Morgan fingerprint density at radius 3 is 2.65 bits per heavy atom. The van der Waals surface area contributed by atoms with Gasteiger partial charge in [0.1, 0.15) is 5.82 Å². The minimum Gasteiger partial charge on any atom is -0.263 e. The highest BCUT2D eigenvalue weighted by Gasteiger charge is 2.19. The van der Waals surface area contributed by atoms with E-state index in [-0.39, 0.29) is 4.90 Å². The van der Waals surface area contributed by atoms with Gasteiger partial charge < -0.3 is 0 Å². The number of nitrogens with one attached hydrogen (secondary N) is 1. The molecule has 0 radical (unpaired) electrons. The van der Waals surface area contributed by atoms with Gasteiger partial charge in [-0.1, -0.05) is 36.4 Å². The van der Waals surface area contributed by atoms with Crippen LogP contribution in [0.15, 0.2) is 71.1 Å². The van der Waals surface area contributed by atoms with Crippen molar-refractivity contribution in [3.8, 4) is 0 Å². The second-order valence-electron chi connectivity index (χ2n) is 5.07. The van der Waals surface area contributed by atoms with E-state index < -0.39 is 10.0 Å². The van der Waals surface area contributed by atoms with E-state index in [4.69, 9.17) is 0 Å². The average molecular weight is 340 g/mol. The van der Waals surface area contributed by atoms with E-state index in [1.807, 2.05) is 47.8 Å². The number of pyridine rings is 1. The van der Waals surface area contributed by atoms with Gasteiger partial charge in [-0.15, -0.1) is 11.3 Å². The SMILES string of the molecule is O=S(=O)(Nc1nccc2sccc12)c1cccc2ccccc12. The third-order valence-electron chi connectivity index (χ3n) is 3.65. The summed E-state index contributed by atoms with van der Waals surface area (Å²) >= 11 is 1.55. The number of nitrogens with zero attached hydrogens (tertiary/aromatic N) is 1. The summed E-state index contributed by atoms with van der Waals surface area (Å²) in [5.74, 6) is 0.358. The van der Waals surface area contributed by atoms with Crippen molar-refractivity contribution in [2.24, 2.45) is 0 Å². The maximum Gasteiger partial charge on any atom is 0.263 e. The molecule has 6 heteroatoms. The van der Waals surface area contributed by atoms with Gasteiger partial charge in [0.05, 0.1) is 4.90 Å². The largest absolute Gasteiger partial charge is 0.263 e. The number of aromatic nitrogens is 1. The summed E-state index contributed by atoms with van der Waals surface area (Å²) in [5, 5.41) is 4.31. The van der Waals surface area contributed by atoms with Crippen molar-refractivity contribution < 1.29 is 8.42 Å². The van der Waals surface area contributed by atoms with E-state index in [2.05, 4.69) is 9.71 Å². The summed E-state index contributed by atoms with van der Waals surface area (Å²) in [6, 6.07) is 16.4. The van der Waals surface area contributed by atoms with Gasteiger partial charge in [-0.05, 0) is 29.0 Å². The van der Waals surface area contributed by atoms with Gasteiger partial charge in [0.15, 0.2) is 0 Å². The molecule has 0 amide bonds. The van der Waals surface area contributed by atoms with Crippen molar-refractivity contribution in [3.63, 3.8) is 0 Å². The molecule has 0 unspecified atom stereocenters. The monoisotopic (exact) mass is 340 g/mol. The van der Waals surface area contributed by atoms with Gasteiger partial charge in [0.2, 0.25) is 0 Å². The molecule has 0 aliphatic carbocycles. The molecule has 0 saturated carbocycles. The molecule has 2 aromatic heterocycles. The fourth-order valence-corrected chi connectivity index (χ4v) is 4.63. The summed E-state index contributed by atoms with van der Waals surface area (Å²) in [6.45, 7) is 0. The number of rotatable bonds is 3. The summed E-state index contributed by atoms with van der Waals surface area (Å²) < 4.78 is 29.3. The van der Waals surface area contributed by atoms with Crippen LogP contribution in [0.25, 0.3) is 20.9 Å². The van der Waals surface area contributed by atoms with E-state index in [1.165, 1.54) is 0 Å². The van der Waals surface area contributed by atoms with E-state index in [0.29, 0.717) is 11.2 Å². The fourth-order valence-electron chi connectivity index (χ4n) is 2.59. The molecular formula is C17H12N2O2S2. The molecule has 0 spiro atoms. The second kappa shape index (κ2) is 5.33. The van der Waals surface area contributed by atoms with Crippen LogP contribution < -0.4 is 4.72 Å². The van der Waals surface area contributed by atoms with Crippen molar-refractivity contribution in [1.29, 1.82) is 0 Å². The molecule has 0 aliphatic rings. The van der Waals surface area contributed by atoms with Crippen LogP contribution in [0.4, 0.5) is 5.82 Å². The standard InChI is InChI=1S/C17H12N2O2S2/c20-23(21,16-7-3-5-12-4-1-2-6-13(12)16)19-17-14-9-11-22-15(14)8-10-18-17/h1-11H,(H,18,19). The molecular weight excluding hydrogens is 328 g/mol. The topological polar surface area (TPSA) is 59.1 Å². The normalized spacial score (nSPS) is 11.8. The molecule has 1 N–H and O–H groups in total. The van der Waals surface area contributed by atoms with Crippen LogP contribution in [-0.2, 0) is 10.0 Å². The van der Waals surface area contributed by atoms with Crippen molar-refractivity contribution >= 4 is 48.0 Å². The molecule has 114 valence electrons. The van der Waals surface area contributed by atoms with Gasteiger partial charge in [-0.3, -0.25) is 4.72 Å². The summed E-state index contributed by atoms with van der Waals surface area (Å²) in [6.07, 6.45) is 1.61. The number of thiophene rings is 1. The Balaban J connectivity index is 1.86. The first-order valence-electron chi connectivity index (χ1n) is 6.98. The highest BCUT2D eigenvalue weighted by Crippen LogP contribution is 2.29. The maximum absolute atomic E-state index is 12.8. The maximum atomic E-state index is 12.8. The van der Waals surface area contributed by atoms with Crippen molar-refractivity contribution in [2.45, 2.75) is 4.90 Å². The Hall–Kier alpha value is -2.44. The van der Waals surface area contributed by atoms with Crippen molar-refractivity contribution in [3.05, 3.63) is 66.2 Å². The molecule has 0 bridgehead atoms. The molecule has 0 atom stereocenters. The quantitative estimate of drug-likeness (QED) is 0.606. The van der Waals surface area contributed by atoms with Crippen LogP contribution in [0.1, 0.15) is 0 Å². The Bertz CT molecular complexity index is 1110. The van der Waals surface area contributed by atoms with Gasteiger partial charge in [-0.2, -0.15) is 0 Å². The molecule has 2 aromatic carbocycles. The molecule has 2 heterocycles. The summed E-state index contributed by atoms with van der Waals surface area (Å²) in [5.41, 5.74) is 0. The van der Waals surface area contributed by atoms with Crippen LogP contribution >= 0.6 is 11.3 Å². The molecule has 0 fully saturated rings. The predicted octanol–water partition coefficient (Wildman–Crippen LogP) is 4.25. The molecule has 4 nitrogen and oxygen atoms in total. The third kappa shape index (κ3) is 2.46. The number of hydrogen-bond donors (Lipinski definition) is 1. The molecule has 4 aromatic rings. The molecule has 0 aliphatic heterocycles. The van der Waals surface area contributed by atoms with Gasteiger partial charge in [0, 0.05) is 21.7 Å². The van der Waals surface area contributed by atoms with E-state index in [0.717, 1.165) is 15.5 Å². The third-order valence-corrected chi connectivity index (χ3v) is 5.93. The van der Waals surface area contributed by atoms with Crippen LogP contribution in [0.2, 0.25) is 0 Å². The van der Waals surface area contributed by atoms with Crippen LogP contribution in [-0.4, -0.2) is 13.4 Å². The Morgan fingerprint density at radius 2 is 1.74 bits per heavy atom. The minimum atomic E-state index is -3.72. The number of hydrogen-bond acceptors (Lipinski definition) is 4. The highest BCUT2D eigenvalue weighted by molar-refractivity contribution is 7.93. The summed E-state index contributed by atoms with van der Waals surface area (Å²) in [7, 11) is -3.72. The highest BCUT2D eigenvalue weighted by atomic mass is 32.2. The van der Waals surface area contributed by atoms with Crippen LogP contribution in [0.5, 0.6) is 0 Å².